The molecule has 0 fully saturated rings. The largest absolute Gasteiger partial charge is 0.492 e. The van der Waals surface area contributed by atoms with E-state index < -0.39 is 0 Å². The topological polar surface area (TPSA) is 46.0 Å². The molecule has 1 heterocycles. The fourth-order valence-corrected chi connectivity index (χ4v) is 0.353. The Morgan fingerprint density at radius 3 is 2.75 bits per heavy atom. The SMILES string of the molecule is Cc1[c]cc(O)nn1. The van der Waals surface area contributed by atoms with E-state index in [9.17, 15) is 0 Å². The van der Waals surface area contributed by atoms with E-state index in [1.807, 2.05) is 0 Å². The van der Waals surface area contributed by atoms with Gasteiger partial charge in [0.25, 0.3) is 0 Å². The Morgan fingerprint density at radius 1 is 1.62 bits per heavy atom. The second-order valence-electron chi connectivity index (χ2n) is 1.43. The highest BCUT2D eigenvalue weighted by atomic mass is 16.3. The molecule has 8 heavy (non-hydrogen) atoms. The monoisotopic (exact) mass is 109 g/mol. The molecular formula is C5H5N2O. The predicted molar refractivity (Wildman–Crippen MR) is 27.3 cm³/mol. The smallest absolute Gasteiger partial charge is 0.231 e. The third-order valence-electron chi connectivity index (χ3n) is 0.713. The van der Waals surface area contributed by atoms with Crippen molar-refractivity contribution in [3.05, 3.63) is 17.8 Å². The van der Waals surface area contributed by atoms with Crippen LogP contribution in [0.2, 0.25) is 0 Å². The molecule has 0 aromatic carbocycles. The highest BCUT2D eigenvalue weighted by Gasteiger charge is 1.86. The van der Waals surface area contributed by atoms with E-state index in [0.29, 0.717) is 5.69 Å². The first-order valence-corrected chi connectivity index (χ1v) is 2.20. The molecule has 0 unspecified atom stereocenters. The van der Waals surface area contributed by atoms with Crippen LogP contribution in [0.3, 0.4) is 0 Å². The summed E-state index contributed by atoms with van der Waals surface area (Å²) in [6.45, 7) is 1.76. The van der Waals surface area contributed by atoms with E-state index >= 15 is 0 Å². The standard InChI is InChI=1S/C5H5N2O/c1-4-2-3-5(8)7-6-4/h3H,1H3,(H,7,8). The Hall–Kier alpha value is -1.12. The molecule has 0 aliphatic rings. The first-order valence-electron chi connectivity index (χ1n) is 2.20. The number of nitrogens with zero attached hydrogens (tertiary/aromatic N) is 2. The zero-order valence-electron chi connectivity index (χ0n) is 4.42. The molecule has 3 nitrogen and oxygen atoms in total. The molecule has 0 bridgehead atoms. The zero-order valence-corrected chi connectivity index (χ0v) is 4.42. The lowest BCUT2D eigenvalue weighted by Gasteiger charge is -1.86. The van der Waals surface area contributed by atoms with E-state index in [1.165, 1.54) is 6.07 Å². The molecular weight excluding hydrogens is 104 g/mol. The van der Waals surface area contributed by atoms with Gasteiger partial charge in [-0.2, -0.15) is 5.10 Å². The highest BCUT2D eigenvalue weighted by Crippen LogP contribution is 1.97. The van der Waals surface area contributed by atoms with E-state index in [0.717, 1.165) is 0 Å². The maximum atomic E-state index is 8.55. The number of aromatic nitrogens is 2. The average molecular weight is 109 g/mol. The van der Waals surface area contributed by atoms with Gasteiger partial charge in [0.1, 0.15) is 0 Å². The summed E-state index contributed by atoms with van der Waals surface area (Å²) in [7, 11) is 0. The van der Waals surface area contributed by atoms with Crippen molar-refractivity contribution in [3.63, 3.8) is 0 Å². The summed E-state index contributed by atoms with van der Waals surface area (Å²) in [6.07, 6.45) is 0. The van der Waals surface area contributed by atoms with Gasteiger partial charge >= 0.3 is 0 Å². The molecule has 1 rings (SSSR count). The number of hydrogen-bond donors (Lipinski definition) is 1. The normalized spacial score (nSPS) is 9.12. The fraction of sp³-hybridized carbons (Fsp3) is 0.200. The van der Waals surface area contributed by atoms with Crippen molar-refractivity contribution < 1.29 is 5.11 Å². The fourth-order valence-electron chi connectivity index (χ4n) is 0.353. The number of rotatable bonds is 0. The molecule has 0 saturated carbocycles. The number of hydrogen-bond acceptors (Lipinski definition) is 3. The van der Waals surface area contributed by atoms with Crippen molar-refractivity contribution in [2.75, 3.05) is 0 Å². The summed E-state index contributed by atoms with van der Waals surface area (Å²) < 4.78 is 0. The van der Waals surface area contributed by atoms with Crippen molar-refractivity contribution in [1.82, 2.24) is 10.2 Å². The van der Waals surface area contributed by atoms with E-state index in [2.05, 4.69) is 16.3 Å². The third kappa shape index (κ3) is 0.932. The molecule has 1 radical (unpaired) electrons. The Bertz CT molecular complexity index is 149. The molecule has 1 aromatic heterocycles. The van der Waals surface area contributed by atoms with E-state index in [4.69, 9.17) is 5.11 Å². The van der Waals surface area contributed by atoms with E-state index in [1.54, 1.807) is 6.92 Å². The van der Waals surface area contributed by atoms with Crippen LogP contribution in [-0.4, -0.2) is 15.3 Å². The molecule has 0 saturated heterocycles. The Kier molecular flexibility index (Phi) is 1.12. The lowest BCUT2D eigenvalue weighted by atomic mass is 10.4. The minimum atomic E-state index is -0.0874. The van der Waals surface area contributed by atoms with Gasteiger partial charge in [0.05, 0.1) is 5.69 Å². The third-order valence-corrected chi connectivity index (χ3v) is 0.713. The van der Waals surface area contributed by atoms with Crippen molar-refractivity contribution in [2.45, 2.75) is 6.92 Å². The first-order chi connectivity index (χ1) is 3.79. The summed E-state index contributed by atoms with van der Waals surface area (Å²) in [6, 6.07) is 4.05. The molecule has 0 aliphatic heterocycles. The maximum absolute atomic E-state index is 8.55. The summed E-state index contributed by atoms with van der Waals surface area (Å²) in [5.74, 6) is -0.0874. The van der Waals surface area contributed by atoms with Crippen LogP contribution >= 0.6 is 0 Å². The number of aryl methyl sites for hydroxylation is 1. The molecule has 1 N–H and O–H groups in total. The van der Waals surface area contributed by atoms with Crippen LogP contribution in [0.5, 0.6) is 5.88 Å². The van der Waals surface area contributed by atoms with E-state index in [-0.39, 0.29) is 5.88 Å². The Morgan fingerprint density at radius 2 is 2.38 bits per heavy atom. The second kappa shape index (κ2) is 1.78. The Labute approximate surface area is 47.0 Å². The summed E-state index contributed by atoms with van der Waals surface area (Å²) >= 11 is 0. The zero-order chi connectivity index (χ0) is 5.98. The Balaban J connectivity index is 3.03. The van der Waals surface area contributed by atoms with Gasteiger partial charge in [-0.1, -0.05) is 0 Å². The average Bonchev–Trinajstić information content (AvgIpc) is 1.77. The first kappa shape index (κ1) is 5.03. The van der Waals surface area contributed by atoms with Gasteiger partial charge in [0.2, 0.25) is 5.88 Å². The molecule has 1 aromatic rings. The summed E-state index contributed by atoms with van der Waals surface area (Å²) in [4.78, 5) is 0. The minimum Gasteiger partial charge on any atom is -0.492 e. The van der Waals surface area contributed by atoms with Crippen LogP contribution in [0.1, 0.15) is 5.69 Å². The quantitative estimate of drug-likeness (QED) is 0.520. The van der Waals surface area contributed by atoms with Gasteiger partial charge in [-0.15, -0.1) is 5.10 Å². The summed E-state index contributed by atoms with van der Waals surface area (Å²) in [5, 5.41) is 15.4. The molecule has 0 spiro atoms. The van der Waals surface area contributed by atoms with Crippen LogP contribution in [0.25, 0.3) is 0 Å². The van der Waals surface area contributed by atoms with Crippen molar-refractivity contribution >= 4 is 0 Å². The minimum absolute atomic E-state index is 0.0874. The van der Waals surface area contributed by atoms with Crippen LogP contribution in [0.4, 0.5) is 0 Å². The van der Waals surface area contributed by atoms with Crippen molar-refractivity contribution in [2.24, 2.45) is 0 Å². The van der Waals surface area contributed by atoms with Gasteiger partial charge in [-0.25, -0.2) is 0 Å². The van der Waals surface area contributed by atoms with Gasteiger partial charge in [0.15, 0.2) is 0 Å². The van der Waals surface area contributed by atoms with Crippen LogP contribution in [0.15, 0.2) is 6.07 Å². The van der Waals surface area contributed by atoms with Gasteiger partial charge in [0, 0.05) is 12.1 Å². The van der Waals surface area contributed by atoms with Gasteiger partial charge in [-0.05, 0) is 6.92 Å². The molecule has 41 valence electrons. The van der Waals surface area contributed by atoms with Gasteiger partial charge in [-0.3, -0.25) is 0 Å². The van der Waals surface area contributed by atoms with Crippen LogP contribution in [0, 0.1) is 13.0 Å². The molecule has 0 atom stereocenters. The highest BCUT2D eigenvalue weighted by molar-refractivity contribution is 5.06. The summed E-state index contributed by atoms with van der Waals surface area (Å²) in [5.41, 5.74) is 0.683. The molecule has 0 aliphatic carbocycles. The number of aromatic hydroxyl groups is 1. The molecule has 3 heteroatoms. The van der Waals surface area contributed by atoms with Crippen molar-refractivity contribution in [3.8, 4) is 5.88 Å². The maximum Gasteiger partial charge on any atom is 0.231 e. The van der Waals surface area contributed by atoms with Crippen LogP contribution < -0.4 is 0 Å². The lowest BCUT2D eigenvalue weighted by Crippen LogP contribution is -1.83. The van der Waals surface area contributed by atoms with Crippen molar-refractivity contribution in [1.29, 1.82) is 0 Å². The predicted octanol–water partition coefficient (Wildman–Crippen LogP) is 0.291. The van der Waals surface area contributed by atoms with Crippen LogP contribution in [-0.2, 0) is 0 Å². The lowest BCUT2D eigenvalue weighted by molar-refractivity contribution is 0.444. The van der Waals surface area contributed by atoms with Gasteiger partial charge < -0.3 is 5.11 Å². The second-order valence-corrected chi connectivity index (χ2v) is 1.43. The molecule has 0 amide bonds.